The lowest BCUT2D eigenvalue weighted by Crippen LogP contribution is -2.27. The average Bonchev–Trinajstić information content (AvgIpc) is 2.92. The van der Waals surface area contributed by atoms with Gasteiger partial charge < -0.3 is 15.2 Å². The van der Waals surface area contributed by atoms with Crippen LogP contribution in [0.2, 0.25) is 0 Å². The van der Waals surface area contributed by atoms with Gasteiger partial charge in [-0.3, -0.25) is 14.9 Å². The molecule has 1 fully saturated rings. The number of benzene rings is 1. The third-order valence-corrected chi connectivity index (χ3v) is 2.92. The number of nitrogens with zero attached hydrogens (tertiary/aromatic N) is 1. The maximum atomic E-state index is 11.9. The molecule has 2 N–H and O–H groups in total. The van der Waals surface area contributed by atoms with E-state index >= 15 is 0 Å². The normalized spacial score (nSPS) is 17.7. The van der Waals surface area contributed by atoms with Crippen LogP contribution in [0.1, 0.15) is 23.2 Å². The van der Waals surface area contributed by atoms with E-state index in [0.29, 0.717) is 13.0 Å². The van der Waals surface area contributed by atoms with Crippen molar-refractivity contribution in [3.8, 4) is 0 Å². The number of nitro benzene ring substituents is 1. The number of non-ortho nitro benzene ring substituents is 1. The maximum Gasteiger partial charge on any atom is 0.337 e. The number of ether oxygens (including phenoxy) is 1. The predicted octanol–water partition coefficient (Wildman–Crippen LogP) is 1.41. The van der Waals surface area contributed by atoms with E-state index in [-0.39, 0.29) is 16.9 Å². The highest BCUT2D eigenvalue weighted by Gasteiger charge is 2.25. The second kappa shape index (κ2) is 5.66. The summed E-state index contributed by atoms with van der Waals surface area (Å²) in [5.41, 5.74) is -0.605. The van der Waals surface area contributed by atoms with Crippen molar-refractivity contribution < 1.29 is 24.4 Å². The maximum absolute atomic E-state index is 11.9. The molecule has 0 unspecified atom stereocenters. The van der Waals surface area contributed by atoms with Crippen LogP contribution in [0, 0.1) is 10.1 Å². The smallest absolute Gasteiger partial charge is 0.337 e. The molecule has 0 bridgehead atoms. The molecule has 1 aromatic rings. The van der Waals surface area contributed by atoms with Crippen LogP contribution < -0.4 is 5.32 Å². The van der Waals surface area contributed by atoms with Crippen LogP contribution in [0.25, 0.3) is 0 Å². The molecule has 0 spiro atoms. The Morgan fingerprint density at radius 2 is 2.20 bits per heavy atom. The number of nitrogens with one attached hydrogen (secondary N) is 1. The Kier molecular flexibility index (Phi) is 3.94. The summed E-state index contributed by atoms with van der Waals surface area (Å²) in [6, 6.07) is 3.19. The number of carbonyl (C=O) groups excluding carboxylic acids is 1. The van der Waals surface area contributed by atoms with Gasteiger partial charge in [0, 0.05) is 18.7 Å². The highest BCUT2D eigenvalue weighted by atomic mass is 16.6. The van der Waals surface area contributed by atoms with E-state index in [9.17, 15) is 19.7 Å². The molecule has 1 aliphatic heterocycles. The molecular weight excluding hydrogens is 268 g/mol. The SMILES string of the molecule is O=C(O)c1ccc([N+](=O)[O-])cc1NC(=O)[C@@H]1CCCO1. The van der Waals surface area contributed by atoms with Crippen molar-refractivity contribution in [2.24, 2.45) is 0 Å². The molecule has 1 atom stereocenters. The van der Waals surface area contributed by atoms with E-state index in [0.717, 1.165) is 24.6 Å². The first-order valence-corrected chi connectivity index (χ1v) is 5.93. The van der Waals surface area contributed by atoms with E-state index in [1.807, 2.05) is 0 Å². The molecule has 1 saturated heterocycles. The number of amides is 1. The van der Waals surface area contributed by atoms with Gasteiger partial charge >= 0.3 is 5.97 Å². The number of hydrogen-bond donors (Lipinski definition) is 2. The molecule has 1 heterocycles. The second-order valence-electron chi connectivity index (χ2n) is 4.28. The minimum absolute atomic E-state index is 0.104. The van der Waals surface area contributed by atoms with Crippen LogP contribution in [-0.4, -0.2) is 34.6 Å². The summed E-state index contributed by atoms with van der Waals surface area (Å²) < 4.78 is 5.17. The molecule has 8 nitrogen and oxygen atoms in total. The molecule has 2 rings (SSSR count). The summed E-state index contributed by atoms with van der Waals surface area (Å²) in [7, 11) is 0. The molecule has 0 saturated carbocycles. The van der Waals surface area contributed by atoms with Gasteiger partial charge in [-0.25, -0.2) is 4.79 Å². The third-order valence-electron chi connectivity index (χ3n) is 2.92. The van der Waals surface area contributed by atoms with Gasteiger partial charge in [-0.1, -0.05) is 0 Å². The lowest BCUT2D eigenvalue weighted by Gasteiger charge is -2.12. The summed E-state index contributed by atoms with van der Waals surface area (Å²) in [6.45, 7) is 0.471. The number of anilines is 1. The van der Waals surface area contributed by atoms with Gasteiger partial charge in [-0.05, 0) is 18.9 Å². The fraction of sp³-hybridized carbons (Fsp3) is 0.333. The van der Waals surface area contributed by atoms with E-state index in [1.54, 1.807) is 0 Å². The zero-order valence-electron chi connectivity index (χ0n) is 10.4. The Hall–Kier alpha value is -2.48. The standard InChI is InChI=1S/C12H12N2O6/c15-11(10-2-1-5-20-10)13-9-6-7(14(18)19)3-4-8(9)12(16)17/h3-4,6,10H,1-2,5H2,(H,13,15)(H,16,17)/t10-/m0/s1. The molecule has 0 radical (unpaired) electrons. The van der Waals surface area contributed by atoms with Crippen molar-refractivity contribution in [1.82, 2.24) is 0 Å². The fourth-order valence-corrected chi connectivity index (χ4v) is 1.93. The van der Waals surface area contributed by atoms with Gasteiger partial charge in [0.2, 0.25) is 0 Å². The van der Waals surface area contributed by atoms with Crippen LogP contribution >= 0.6 is 0 Å². The number of rotatable bonds is 4. The Balaban J connectivity index is 2.27. The van der Waals surface area contributed by atoms with Gasteiger partial charge in [0.1, 0.15) is 6.10 Å². The van der Waals surface area contributed by atoms with Gasteiger partial charge in [0.25, 0.3) is 11.6 Å². The summed E-state index contributed by atoms with van der Waals surface area (Å²) >= 11 is 0. The van der Waals surface area contributed by atoms with Crippen molar-refractivity contribution >= 4 is 23.3 Å². The number of carboxylic acid groups (broad SMARTS) is 1. The van der Waals surface area contributed by atoms with E-state index < -0.39 is 22.9 Å². The average molecular weight is 280 g/mol. The van der Waals surface area contributed by atoms with Crippen molar-refractivity contribution in [2.75, 3.05) is 11.9 Å². The number of nitro groups is 1. The molecule has 106 valence electrons. The summed E-state index contributed by atoms with van der Waals surface area (Å²) in [5, 5.41) is 22.1. The number of carbonyl (C=O) groups is 2. The zero-order valence-corrected chi connectivity index (χ0v) is 10.4. The fourth-order valence-electron chi connectivity index (χ4n) is 1.93. The quantitative estimate of drug-likeness (QED) is 0.635. The third kappa shape index (κ3) is 2.91. The van der Waals surface area contributed by atoms with Crippen LogP contribution in [0.3, 0.4) is 0 Å². The minimum Gasteiger partial charge on any atom is -0.478 e. The lowest BCUT2D eigenvalue weighted by atomic mass is 10.1. The van der Waals surface area contributed by atoms with Crippen molar-refractivity contribution in [3.63, 3.8) is 0 Å². The van der Waals surface area contributed by atoms with Crippen molar-refractivity contribution in [3.05, 3.63) is 33.9 Å². The van der Waals surface area contributed by atoms with Crippen LogP contribution in [-0.2, 0) is 9.53 Å². The van der Waals surface area contributed by atoms with Crippen LogP contribution in [0.4, 0.5) is 11.4 Å². The van der Waals surface area contributed by atoms with Crippen molar-refractivity contribution in [2.45, 2.75) is 18.9 Å². The molecule has 1 aliphatic rings. The largest absolute Gasteiger partial charge is 0.478 e. The summed E-state index contributed by atoms with van der Waals surface area (Å²) in [5.74, 6) is -1.77. The molecule has 8 heteroatoms. The minimum atomic E-state index is -1.28. The monoisotopic (exact) mass is 280 g/mol. The van der Waals surface area contributed by atoms with Gasteiger partial charge in [0.15, 0.2) is 0 Å². The van der Waals surface area contributed by atoms with Gasteiger partial charge in [-0.2, -0.15) is 0 Å². The molecule has 20 heavy (non-hydrogen) atoms. The molecule has 1 aromatic carbocycles. The summed E-state index contributed by atoms with van der Waals surface area (Å²) in [6.07, 6.45) is 0.651. The number of carboxylic acids is 1. The highest BCUT2D eigenvalue weighted by molar-refractivity contribution is 6.02. The van der Waals surface area contributed by atoms with Crippen molar-refractivity contribution in [1.29, 1.82) is 0 Å². The Bertz CT molecular complexity index is 565. The summed E-state index contributed by atoms with van der Waals surface area (Å²) in [4.78, 5) is 33.0. The topological polar surface area (TPSA) is 119 Å². The Morgan fingerprint density at radius 3 is 2.75 bits per heavy atom. The number of hydrogen-bond acceptors (Lipinski definition) is 5. The Labute approximate surface area is 113 Å². The molecule has 0 aromatic heterocycles. The van der Waals surface area contributed by atoms with Gasteiger partial charge in [0.05, 0.1) is 16.2 Å². The first-order chi connectivity index (χ1) is 9.49. The van der Waals surface area contributed by atoms with Gasteiger partial charge in [-0.15, -0.1) is 0 Å². The molecule has 0 aliphatic carbocycles. The van der Waals surface area contributed by atoms with Crippen LogP contribution in [0.5, 0.6) is 0 Å². The Morgan fingerprint density at radius 1 is 1.45 bits per heavy atom. The molecular formula is C12H12N2O6. The second-order valence-corrected chi connectivity index (χ2v) is 4.28. The van der Waals surface area contributed by atoms with E-state index in [2.05, 4.69) is 5.32 Å². The first kappa shape index (κ1) is 13.9. The van der Waals surface area contributed by atoms with E-state index in [4.69, 9.17) is 9.84 Å². The number of aromatic carboxylic acids is 1. The zero-order chi connectivity index (χ0) is 14.7. The highest BCUT2D eigenvalue weighted by Crippen LogP contribution is 2.24. The first-order valence-electron chi connectivity index (χ1n) is 5.93. The lowest BCUT2D eigenvalue weighted by molar-refractivity contribution is -0.384. The molecule has 1 amide bonds. The van der Waals surface area contributed by atoms with Crippen LogP contribution in [0.15, 0.2) is 18.2 Å². The predicted molar refractivity (Wildman–Crippen MR) is 67.7 cm³/mol. The van der Waals surface area contributed by atoms with E-state index in [1.165, 1.54) is 0 Å².